The highest BCUT2D eigenvalue weighted by Crippen LogP contribution is 2.28. The average Bonchev–Trinajstić information content (AvgIpc) is 2.98. The van der Waals surface area contributed by atoms with Crippen molar-refractivity contribution in [1.82, 2.24) is 10.3 Å². The molecule has 0 fully saturated rings. The molecular weight excluding hydrogens is 288 g/mol. The van der Waals surface area contributed by atoms with Crippen molar-refractivity contribution < 1.29 is 4.74 Å². The molecule has 5 nitrogen and oxygen atoms in total. The number of ether oxygens (including phenoxy) is 1. The summed E-state index contributed by atoms with van der Waals surface area (Å²) >= 11 is 0. The van der Waals surface area contributed by atoms with Crippen molar-refractivity contribution >= 4 is 16.9 Å². The van der Waals surface area contributed by atoms with Gasteiger partial charge in [0.05, 0.1) is 7.11 Å². The standard InChI is InChI=1S/C18H28N4O/c1-3-4-5-6-11-20-18(19)21-12-10-14-13-22-15-8-7-9-16(23-2)17(14)15/h7-9,13,22H,3-6,10-12H2,1-2H3,(H3,19,20,21). The summed E-state index contributed by atoms with van der Waals surface area (Å²) in [5, 5.41) is 4.33. The fourth-order valence-corrected chi connectivity index (χ4v) is 2.71. The molecule has 0 aliphatic heterocycles. The smallest absolute Gasteiger partial charge is 0.188 e. The van der Waals surface area contributed by atoms with E-state index >= 15 is 0 Å². The van der Waals surface area contributed by atoms with Crippen LogP contribution in [0.5, 0.6) is 5.75 Å². The molecule has 126 valence electrons. The Morgan fingerprint density at radius 3 is 2.96 bits per heavy atom. The number of aromatic amines is 1. The topological polar surface area (TPSA) is 75.4 Å². The second-order valence-electron chi connectivity index (χ2n) is 5.70. The molecule has 1 aromatic heterocycles. The van der Waals surface area contributed by atoms with Gasteiger partial charge < -0.3 is 20.8 Å². The van der Waals surface area contributed by atoms with Gasteiger partial charge in [0.2, 0.25) is 0 Å². The molecule has 2 rings (SSSR count). The van der Waals surface area contributed by atoms with Crippen molar-refractivity contribution in [3.8, 4) is 5.75 Å². The Kier molecular flexibility index (Phi) is 6.78. The molecule has 0 spiro atoms. The Hall–Kier alpha value is -2.17. The molecule has 0 aliphatic rings. The number of aromatic nitrogens is 1. The van der Waals surface area contributed by atoms with E-state index in [1.165, 1.54) is 24.8 Å². The summed E-state index contributed by atoms with van der Waals surface area (Å²) in [5.74, 6) is 1.43. The Bertz CT molecular complexity index is 633. The first-order valence-corrected chi connectivity index (χ1v) is 8.43. The number of rotatable bonds is 9. The molecule has 1 heterocycles. The number of hydrogen-bond donors (Lipinski definition) is 3. The molecular formula is C18H28N4O. The van der Waals surface area contributed by atoms with Crippen LogP contribution in [0.1, 0.15) is 38.2 Å². The first-order valence-electron chi connectivity index (χ1n) is 8.43. The van der Waals surface area contributed by atoms with Crippen LogP contribution < -0.4 is 15.8 Å². The van der Waals surface area contributed by atoms with Gasteiger partial charge in [0.1, 0.15) is 5.75 Å². The van der Waals surface area contributed by atoms with Gasteiger partial charge in [-0.1, -0.05) is 32.3 Å². The van der Waals surface area contributed by atoms with Crippen LogP contribution in [0.2, 0.25) is 0 Å². The molecule has 0 radical (unpaired) electrons. The lowest BCUT2D eigenvalue weighted by Gasteiger charge is -2.07. The zero-order valence-corrected chi connectivity index (χ0v) is 14.2. The summed E-state index contributed by atoms with van der Waals surface area (Å²) in [5.41, 5.74) is 8.22. The zero-order chi connectivity index (χ0) is 16.5. The minimum Gasteiger partial charge on any atom is -0.496 e. The van der Waals surface area contributed by atoms with Crippen LogP contribution in [0.15, 0.2) is 29.4 Å². The molecule has 0 bridgehead atoms. The molecule has 0 unspecified atom stereocenters. The van der Waals surface area contributed by atoms with Gasteiger partial charge in [0.25, 0.3) is 0 Å². The number of nitrogens with two attached hydrogens (primary N) is 1. The van der Waals surface area contributed by atoms with E-state index < -0.39 is 0 Å². The average molecular weight is 316 g/mol. The molecule has 2 aromatic rings. The van der Waals surface area contributed by atoms with Gasteiger partial charge in [-0.15, -0.1) is 0 Å². The molecule has 0 saturated carbocycles. The highest BCUT2D eigenvalue weighted by Gasteiger charge is 2.08. The first kappa shape index (κ1) is 17.2. The minimum absolute atomic E-state index is 0.535. The number of benzene rings is 1. The van der Waals surface area contributed by atoms with Crippen molar-refractivity contribution in [2.24, 2.45) is 10.7 Å². The summed E-state index contributed by atoms with van der Waals surface area (Å²) in [6, 6.07) is 6.03. The fourth-order valence-electron chi connectivity index (χ4n) is 2.71. The summed E-state index contributed by atoms with van der Waals surface area (Å²) in [6.07, 6.45) is 7.74. The molecule has 0 amide bonds. The summed E-state index contributed by atoms with van der Waals surface area (Å²) in [6.45, 7) is 3.77. The van der Waals surface area contributed by atoms with Crippen molar-refractivity contribution in [1.29, 1.82) is 0 Å². The quantitative estimate of drug-likeness (QED) is 0.378. The van der Waals surface area contributed by atoms with Gasteiger partial charge in [-0.2, -0.15) is 0 Å². The first-order chi connectivity index (χ1) is 11.3. The van der Waals surface area contributed by atoms with Gasteiger partial charge in [-0.25, -0.2) is 0 Å². The maximum absolute atomic E-state index is 5.90. The Balaban J connectivity index is 1.83. The van der Waals surface area contributed by atoms with Crippen LogP contribution in [0.3, 0.4) is 0 Å². The molecule has 5 heteroatoms. The third-order valence-corrected chi connectivity index (χ3v) is 3.96. The van der Waals surface area contributed by atoms with E-state index in [9.17, 15) is 0 Å². The van der Waals surface area contributed by atoms with Crippen LogP contribution in [0.4, 0.5) is 0 Å². The van der Waals surface area contributed by atoms with Gasteiger partial charge >= 0.3 is 0 Å². The Labute approximate surface area is 138 Å². The lowest BCUT2D eigenvalue weighted by Crippen LogP contribution is -2.33. The predicted molar refractivity (Wildman–Crippen MR) is 97.2 cm³/mol. The largest absolute Gasteiger partial charge is 0.496 e. The van der Waals surface area contributed by atoms with E-state index in [1.807, 2.05) is 18.3 Å². The molecule has 1 aromatic carbocycles. The number of H-pyrrole nitrogens is 1. The van der Waals surface area contributed by atoms with Gasteiger partial charge in [0, 0.05) is 30.2 Å². The number of nitrogens with zero attached hydrogens (tertiary/aromatic N) is 1. The third kappa shape index (κ3) is 4.91. The second kappa shape index (κ2) is 9.08. The molecule has 4 N–H and O–H groups in total. The van der Waals surface area contributed by atoms with Gasteiger partial charge in [-0.3, -0.25) is 4.99 Å². The molecule has 23 heavy (non-hydrogen) atoms. The van der Waals surface area contributed by atoms with E-state index in [4.69, 9.17) is 10.5 Å². The number of hydrogen-bond acceptors (Lipinski definition) is 2. The van der Waals surface area contributed by atoms with E-state index in [2.05, 4.69) is 28.3 Å². The maximum atomic E-state index is 5.90. The number of fused-ring (bicyclic) bond motifs is 1. The highest BCUT2D eigenvalue weighted by atomic mass is 16.5. The van der Waals surface area contributed by atoms with Crippen LogP contribution in [-0.4, -0.2) is 31.1 Å². The summed E-state index contributed by atoms with van der Waals surface area (Å²) in [4.78, 5) is 7.65. The van der Waals surface area contributed by atoms with Gasteiger partial charge in [-0.05, 0) is 30.5 Å². The monoisotopic (exact) mass is 316 g/mol. The predicted octanol–water partition coefficient (Wildman–Crippen LogP) is 3.20. The number of guanidine groups is 1. The molecule has 0 atom stereocenters. The van der Waals surface area contributed by atoms with Crippen LogP contribution in [0, 0.1) is 0 Å². The van der Waals surface area contributed by atoms with E-state index in [1.54, 1.807) is 7.11 Å². The third-order valence-electron chi connectivity index (χ3n) is 3.96. The maximum Gasteiger partial charge on any atom is 0.188 e. The minimum atomic E-state index is 0.535. The molecule has 0 saturated heterocycles. The SMILES string of the molecule is CCCCCCN=C(N)NCCc1c[nH]c2cccc(OC)c12. The Morgan fingerprint density at radius 1 is 1.30 bits per heavy atom. The lowest BCUT2D eigenvalue weighted by molar-refractivity contribution is 0.419. The fraction of sp³-hybridized carbons (Fsp3) is 0.500. The van der Waals surface area contributed by atoms with E-state index in [-0.39, 0.29) is 0 Å². The number of aliphatic imine (C=N–C) groups is 1. The summed E-state index contributed by atoms with van der Waals surface area (Å²) in [7, 11) is 1.70. The van der Waals surface area contributed by atoms with Crippen molar-refractivity contribution in [2.45, 2.75) is 39.0 Å². The highest BCUT2D eigenvalue weighted by molar-refractivity contribution is 5.89. The Morgan fingerprint density at radius 2 is 2.17 bits per heavy atom. The van der Waals surface area contributed by atoms with Crippen molar-refractivity contribution in [2.75, 3.05) is 20.2 Å². The van der Waals surface area contributed by atoms with Crippen LogP contribution >= 0.6 is 0 Å². The van der Waals surface area contributed by atoms with E-state index in [0.29, 0.717) is 5.96 Å². The van der Waals surface area contributed by atoms with Crippen molar-refractivity contribution in [3.63, 3.8) is 0 Å². The second-order valence-corrected chi connectivity index (χ2v) is 5.70. The number of methoxy groups -OCH3 is 1. The van der Waals surface area contributed by atoms with Crippen LogP contribution in [-0.2, 0) is 6.42 Å². The van der Waals surface area contributed by atoms with Crippen molar-refractivity contribution in [3.05, 3.63) is 30.0 Å². The normalized spacial score (nSPS) is 11.8. The van der Waals surface area contributed by atoms with Gasteiger partial charge in [0.15, 0.2) is 5.96 Å². The number of nitrogens with one attached hydrogen (secondary N) is 2. The van der Waals surface area contributed by atoms with Crippen LogP contribution in [0.25, 0.3) is 10.9 Å². The lowest BCUT2D eigenvalue weighted by atomic mass is 10.1. The van der Waals surface area contributed by atoms with E-state index in [0.717, 1.165) is 42.6 Å². The molecule has 0 aliphatic carbocycles. The zero-order valence-electron chi connectivity index (χ0n) is 14.2. The summed E-state index contributed by atoms with van der Waals surface area (Å²) < 4.78 is 5.45. The number of unbranched alkanes of at least 4 members (excludes halogenated alkanes) is 3.